The zero-order valence-electron chi connectivity index (χ0n) is 12.1. The highest BCUT2D eigenvalue weighted by atomic mass is 16.4. The lowest BCUT2D eigenvalue weighted by atomic mass is 9.63. The molecule has 1 aromatic rings. The van der Waals surface area contributed by atoms with Crippen LogP contribution in [0.25, 0.3) is 0 Å². The van der Waals surface area contributed by atoms with Crippen LogP contribution in [-0.4, -0.2) is 16.2 Å². The SMILES string of the molecule is Cc1cc(C(C)(C)C)c(O)c(C2(C(=O)O)CCC2)c1. The van der Waals surface area contributed by atoms with E-state index in [4.69, 9.17) is 0 Å². The van der Waals surface area contributed by atoms with Crippen LogP contribution in [0.5, 0.6) is 5.75 Å². The van der Waals surface area contributed by atoms with Gasteiger partial charge in [-0.1, -0.05) is 44.9 Å². The Morgan fingerprint density at radius 2 is 1.84 bits per heavy atom. The molecule has 1 aromatic carbocycles. The van der Waals surface area contributed by atoms with E-state index in [0.717, 1.165) is 17.5 Å². The van der Waals surface area contributed by atoms with Gasteiger partial charge in [0.15, 0.2) is 0 Å². The van der Waals surface area contributed by atoms with Crippen LogP contribution in [-0.2, 0) is 15.6 Å². The molecule has 2 N–H and O–H groups in total. The summed E-state index contributed by atoms with van der Waals surface area (Å²) in [7, 11) is 0. The normalized spacial score (nSPS) is 17.9. The zero-order valence-corrected chi connectivity index (χ0v) is 12.1. The van der Waals surface area contributed by atoms with Gasteiger partial charge in [-0.05, 0) is 30.7 Å². The maximum absolute atomic E-state index is 11.6. The molecule has 104 valence electrons. The largest absolute Gasteiger partial charge is 0.507 e. The lowest BCUT2D eigenvalue weighted by Crippen LogP contribution is -2.42. The zero-order chi connectivity index (χ0) is 14.4. The Hall–Kier alpha value is -1.51. The fourth-order valence-electron chi connectivity index (χ4n) is 2.84. The Bertz CT molecular complexity index is 520. The highest BCUT2D eigenvalue weighted by Crippen LogP contribution is 2.49. The molecule has 1 fully saturated rings. The highest BCUT2D eigenvalue weighted by molar-refractivity contribution is 5.84. The first-order valence-corrected chi connectivity index (χ1v) is 6.76. The smallest absolute Gasteiger partial charge is 0.314 e. The van der Waals surface area contributed by atoms with Gasteiger partial charge in [-0.15, -0.1) is 0 Å². The van der Waals surface area contributed by atoms with Gasteiger partial charge in [-0.25, -0.2) is 0 Å². The minimum Gasteiger partial charge on any atom is -0.507 e. The molecule has 3 nitrogen and oxygen atoms in total. The topological polar surface area (TPSA) is 57.5 Å². The molecule has 0 unspecified atom stereocenters. The molecule has 3 heteroatoms. The molecule has 0 aromatic heterocycles. The molecule has 0 atom stereocenters. The van der Waals surface area contributed by atoms with Crippen LogP contribution in [0.1, 0.15) is 56.7 Å². The molecule has 0 aliphatic heterocycles. The van der Waals surface area contributed by atoms with Crippen LogP contribution < -0.4 is 0 Å². The Morgan fingerprint density at radius 3 is 2.21 bits per heavy atom. The van der Waals surface area contributed by atoms with Crippen molar-refractivity contribution < 1.29 is 15.0 Å². The van der Waals surface area contributed by atoms with Crippen molar-refractivity contribution in [3.63, 3.8) is 0 Å². The summed E-state index contributed by atoms with van der Waals surface area (Å²) in [6, 6.07) is 3.78. The lowest BCUT2D eigenvalue weighted by molar-refractivity contribution is -0.147. The molecule has 1 saturated carbocycles. The summed E-state index contributed by atoms with van der Waals surface area (Å²) in [5, 5.41) is 20.1. The molecule has 2 rings (SSSR count). The fourth-order valence-corrected chi connectivity index (χ4v) is 2.84. The quantitative estimate of drug-likeness (QED) is 0.857. The van der Waals surface area contributed by atoms with Crippen molar-refractivity contribution in [3.05, 3.63) is 28.8 Å². The number of rotatable bonds is 2. The van der Waals surface area contributed by atoms with Crippen molar-refractivity contribution in [1.82, 2.24) is 0 Å². The number of carboxylic acids is 1. The van der Waals surface area contributed by atoms with Crippen LogP contribution in [0.4, 0.5) is 0 Å². The first-order chi connectivity index (χ1) is 8.68. The van der Waals surface area contributed by atoms with Crippen LogP contribution in [0.15, 0.2) is 12.1 Å². The Kier molecular flexibility index (Phi) is 3.12. The van der Waals surface area contributed by atoms with Crippen molar-refractivity contribution in [1.29, 1.82) is 0 Å². The maximum atomic E-state index is 11.6. The molecular formula is C16H22O3. The molecule has 0 bridgehead atoms. The summed E-state index contributed by atoms with van der Waals surface area (Å²) < 4.78 is 0. The van der Waals surface area contributed by atoms with Crippen LogP contribution in [0.3, 0.4) is 0 Å². The molecule has 1 aliphatic rings. The molecule has 0 radical (unpaired) electrons. The standard InChI is InChI=1S/C16H22O3/c1-10-8-11(15(2,3)4)13(17)12(9-10)16(14(18)19)6-5-7-16/h8-9,17H,5-7H2,1-4H3,(H,18,19). The number of aliphatic carboxylic acids is 1. The number of carbonyl (C=O) groups is 1. The third-order valence-electron chi connectivity index (χ3n) is 4.19. The highest BCUT2D eigenvalue weighted by Gasteiger charge is 2.48. The molecule has 0 spiro atoms. The van der Waals surface area contributed by atoms with E-state index in [1.165, 1.54) is 0 Å². The van der Waals surface area contributed by atoms with E-state index in [-0.39, 0.29) is 11.2 Å². The molecule has 19 heavy (non-hydrogen) atoms. The second-order valence-corrected chi connectivity index (χ2v) is 6.70. The minimum absolute atomic E-state index is 0.167. The first-order valence-electron chi connectivity index (χ1n) is 6.76. The van der Waals surface area contributed by atoms with Gasteiger partial charge in [0.25, 0.3) is 0 Å². The summed E-state index contributed by atoms with van der Waals surface area (Å²) in [5.74, 6) is -0.653. The van der Waals surface area contributed by atoms with Crippen LogP contribution in [0.2, 0.25) is 0 Å². The van der Waals surface area contributed by atoms with Crippen molar-refractivity contribution in [3.8, 4) is 5.75 Å². The number of aromatic hydroxyl groups is 1. The molecular weight excluding hydrogens is 240 g/mol. The average Bonchev–Trinajstić information content (AvgIpc) is 2.18. The summed E-state index contributed by atoms with van der Waals surface area (Å²) >= 11 is 0. The first kappa shape index (κ1) is 13.9. The van der Waals surface area contributed by atoms with Gasteiger partial charge >= 0.3 is 5.97 Å². The Labute approximate surface area is 114 Å². The van der Waals surface area contributed by atoms with Crippen molar-refractivity contribution in [2.75, 3.05) is 0 Å². The second-order valence-electron chi connectivity index (χ2n) is 6.70. The number of phenols is 1. The van der Waals surface area contributed by atoms with Crippen molar-refractivity contribution in [2.45, 2.75) is 57.8 Å². The molecule has 1 aliphatic carbocycles. The van der Waals surface area contributed by atoms with E-state index in [2.05, 4.69) is 0 Å². The Balaban J connectivity index is 2.65. The van der Waals surface area contributed by atoms with E-state index >= 15 is 0 Å². The molecule has 0 heterocycles. The van der Waals surface area contributed by atoms with Gasteiger partial charge in [0.1, 0.15) is 5.75 Å². The van der Waals surface area contributed by atoms with Gasteiger partial charge in [0.2, 0.25) is 0 Å². The number of phenolic OH excluding ortho intramolecular Hbond substituents is 1. The van der Waals surface area contributed by atoms with Gasteiger partial charge < -0.3 is 10.2 Å². The average molecular weight is 262 g/mol. The van der Waals surface area contributed by atoms with Crippen LogP contribution >= 0.6 is 0 Å². The van der Waals surface area contributed by atoms with Gasteiger partial charge in [-0.3, -0.25) is 4.79 Å². The van der Waals surface area contributed by atoms with E-state index in [1.54, 1.807) is 0 Å². The van der Waals surface area contributed by atoms with Gasteiger partial charge in [0.05, 0.1) is 5.41 Å². The van der Waals surface area contributed by atoms with Crippen molar-refractivity contribution >= 4 is 5.97 Å². The van der Waals surface area contributed by atoms with E-state index in [0.29, 0.717) is 18.4 Å². The Morgan fingerprint density at radius 1 is 1.26 bits per heavy atom. The predicted molar refractivity (Wildman–Crippen MR) is 74.7 cm³/mol. The maximum Gasteiger partial charge on any atom is 0.314 e. The van der Waals surface area contributed by atoms with E-state index in [9.17, 15) is 15.0 Å². The third kappa shape index (κ3) is 2.11. The van der Waals surface area contributed by atoms with Gasteiger partial charge in [-0.2, -0.15) is 0 Å². The van der Waals surface area contributed by atoms with Gasteiger partial charge in [0, 0.05) is 5.56 Å². The molecule has 0 amide bonds. The number of aryl methyl sites for hydroxylation is 1. The number of hydrogen-bond donors (Lipinski definition) is 2. The van der Waals surface area contributed by atoms with Crippen LogP contribution in [0, 0.1) is 6.92 Å². The summed E-state index contributed by atoms with van der Waals surface area (Å²) in [6.45, 7) is 8.03. The minimum atomic E-state index is -0.879. The summed E-state index contributed by atoms with van der Waals surface area (Å²) in [5.41, 5.74) is 1.35. The monoisotopic (exact) mass is 262 g/mol. The predicted octanol–water partition coefficient (Wildman–Crippen LogP) is 3.50. The number of carboxylic acid groups (broad SMARTS) is 1. The lowest BCUT2D eigenvalue weighted by Gasteiger charge is -2.39. The summed E-state index contributed by atoms with van der Waals surface area (Å²) in [6.07, 6.45) is 2.14. The van der Waals surface area contributed by atoms with E-state index < -0.39 is 11.4 Å². The second kappa shape index (κ2) is 4.26. The number of hydrogen-bond acceptors (Lipinski definition) is 2. The fraction of sp³-hybridized carbons (Fsp3) is 0.562. The van der Waals surface area contributed by atoms with Crippen molar-refractivity contribution in [2.24, 2.45) is 0 Å². The van der Waals surface area contributed by atoms with E-state index in [1.807, 2.05) is 39.8 Å². The molecule has 0 saturated heterocycles. The summed E-state index contributed by atoms with van der Waals surface area (Å²) in [4.78, 5) is 11.6. The third-order valence-corrected chi connectivity index (χ3v) is 4.19. The number of benzene rings is 1.